The molecule has 2 aromatic carbocycles. The van der Waals surface area contributed by atoms with Gasteiger partial charge in [0.2, 0.25) is 0 Å². The van der Waals surface area contributed by atoms with E-state index in [4.69, 9.17) is 4.74 Å². The molecule has 110 valence electrons. The van der Waals surface area contributed by atoms with Crippen LogP contribution in [0.2, 0.25) is 0 Å². The van der Waals surface area contributed by atoms with Crippen molar-refractivity contribution in [2.24, 2.45) is 5.41 Å². The summed E-state index contributed by atoms with van der Waals surface area (Å²) >= 11 is 0. The van der Waals surface area contributed by atoms with Gasteiger partial charge in [-0.15, -0.1) is 0 Å². The maximum atomic E-state index is 12.2. The molecule has 0 aliphatic heterocycles. The van der Waals surface area contributed by atoms with E-state index in [0.29, 0.717) is 6.61 Å². The Morgan fingerprint density at radius 3 is 2.29 bits per heavy atom. The standard InChI is InChI=1S/C19H22O2/c1-14-6-5-7-15(12-14)13-21-17-10-8-16(9-11-17)18(20)19(2,3)4/h5-12H,13H2,1-4H3. The SMILES string of the molecule is Cc1cccc(COc2ccc(C(=O)C(C)(C)C)cc2)c1. The first kappa shape index (κ1) is 15.3. The van der Waals surface area contributed by atoms with Crippen molar-refractivity contribution < 1.29 is 9.53 Å². The molecule has 0 spiro atoms. The highest BCUT2D eigenvalue weighted by atomic mass is 16.5. The van der Waals surface area contributed by atoms with Crippen LogP contribution in [-0.4, -0.2) is 5.78 Å². The largest absolute Gasteiger partial charge is 0.489 e. The van der Waals surface area contributed by atoms with Crippen LogP contribution < -0.4 is 4.74 Å². The van der Waals surface area contributed by atoms with Gasteiger partial charge in [0.05, 0.1) is 0 Å². The smallest absolute Gasteiger partial charge is 0.168 e. The number of ether oxygens (including phenoxy) is 1. The first-order valence-corrected chi connectivity index (χ1v) is 7.19. The van der Waals surface area contributed by atoms with Gasteiger partial charge in [-0.25, -0.2) is 0 Å². The Labute approximate surface area is 126 Å². The molecule has 0 aromatic heterocycles. The number of carbonyl (C=O) groups is 1. The second-order valence-corrected chi connectivity index (χ2v) is 6.38. The maximum absolute atomic E-state index is 12.2. The Kier molecular flexibility index (Phi) is 4.46. The van der Waals surface area contributed by atoms with Gasteiger partial charge < -0.3 is 4.74 Å². The van der Waals surface area contributed by atoms with Crippen LogP contribution in [0.25, 0.3) is 0 Å². The summed E-state index contributed by atoms with van der Waals surface area (Å²) in [5.74, 6) is 0.926. The minimum Gasteiger partial charge on any atom is -0.489 e. The summed E-state index contributed by atoms with van der Waals surface area (Å²) in [5, 5.41) is 0. The number of aryl methyl sites for hydroxylation is 1. The molecule has 0 saturated carbocycles. The lowest BCUT2D eigenvalue weighted by Crippen LogP contribution is -2.19. The molecule has 0 amide bonds. The Bertz CT molecular complexity index is 619. The second-order valence-electron chi connectivity index (χ2n) is 6.38. The van der Waals surface area contributed by atoms with Crippen molar-refractivity contribution in [1.29, 1.82) is 0 Å². The molecule has 0 atom stereocenters. The molecule has 0 N–H and O–H groups in total. The Morgan fingerprint density at radius 1 is 1.05 bits per heavy atom. The fourth-order valence-corrected chi connectivity index (χ4v) is 2.10. The number of rotatable bonds is 4. The summed E-state index contributed by atoms with van der Waals surface area (Å²) in [6, 6.07) is 15.6. The molecule has 0 fully saturated rings. The number of benzene rings is 2. The fraction of sp³-hybridized carbons (Fsp3) is 0.316. The van der Waals surface area contributed by atoms with E-state index in [0.717, 1.165) is 16.9 Å². The Morgan fingerprint density at radius 2 is 1.71 bits per heavy atom. The highest BCUT2D eigenvalue weighted by Gasteiger charge is 2.22. The van der Waals surface area contributed by atoms with Gasteiger partial charge in [0, 0.05) is 11.0 Å². The van der Waals surface area contributed by atoms with Gasteiger partial charge in [-0.3, -0.25) is 4.79 Å². The maximum Gasteiger partial charge on any atom is 0.168 e. The van der Waals surface area contributed by atoms with Crippen molar-refractivity contribution in [3.63, 3.8) is 0 Å². The third kappa shape index (κ3) is 4.19. The summed E-state index contributed by atoms with van der Waals surface area (Å²) in [4.78, 5) is 12.2. The van der Waals surface area contributed by atoms with E-state index >= 15 is 0 Å². The number of ketones is 1. The first-order valence-electron chi connectivity index (χ1n) is 7.19. The summed E-state index contributed by atoms with van der Waals surface area (Å²) in [7, 11) is 0. The van der Waals surface area contributed by atoms with Gasteiger partial charge in [-0.1, -0.05) is 50.6 Å². The van der Waals surface area contributed by atoms with Crippen LogP contribution in [0.5, 0.6) is 5.75 Å². The minimum absolute atomic E-state index is 0.146. The van der Waals surface area contributed by atoms with Crippen molar-refractivity contribution in [3.8, 4) is 5.75 Å². The third-order valence-electron chi connectivity index (χ3n) is 3.29. The summed E-state index contributed by atoms with van der Waals surface area (Å²) in [5.41, 5.74) is 2.74. The number of carbonyl (C=O) groups excluding carboxylic acids is 1. The average molecular weight is 282 g/mol. The van der Waals surface area contributed by atoms with E-state index in [1.165, 1.54) is 5.56 Å². The van der Waals surface area contributed by atoms with Crippen molar-refractivity contribution in [1.82, 2.24) is 0 Å². The quantitative estimate of drug-likeness (QED) is 0.753. The van der Waals surface area contributed by atoms with Gasteiger partial charge in [0.15, 0.2) is 5.78 Å². The van der Waals surface area contributed by atoms with E-state index in [-0.39, 0.29) is 11.2 Å². The lowest BCUT2D eigenvalue weighted by atomic mass is 9.86. The minimum atomic E-state index is -0.357. The number of Topliss-reactive ketones (excluding diaryl/α,β-unsaturated/α-hetero) is 1. The van der Waals surface area contributed by atoms with Crippen LogP contribution in [0.3, 0.4) is 0 Å². The molecule has 2 nitrogen and oxygen atoms in total. The van der Waals surface area contributed by atoms with Crippen molar-refractivity contribution in [2.45, 2.75) is 34.3 Å². The molecule has 0 bridgehead atoms. The van der Waals surface area contributed by atoms with E-state index in [2.05, 4.69) is 19.1 Å². The van der Waals surface area contributed by atoms with Crippen LogP contribution in [0.1, 0.15) is 42.3 Å². The van der Waals surface area contributed by atoms with Crippen molar-refractivity contribution >= 4 is 5.78 Å². The molecule has 2 aromatic rings. The average Bonchev–Trinajstić information content (AvgIpc) is 2.44. The molecular formula is C19H22O2. The van der Waals surface area contributed by atoms with Crippen LogP contribution in [0.4, 0.5) is 0 Å². The predicted molar refractivity (Wildman–Crippen MR) is 85.7 cm³/mol. The molecule has 0 unspecified atom stereocenters. The van der Waals surface area contributed by atoms with Gasteiger partial charge in [0.25, 0.3) is 0 Å². The van der Waals surface area contributed by atoms with Crippen LogP contribution >= 0.6 is 0 Å². The summed E-state index contributed by atoms with van der Waals surface area (Å²) in [6.07, 6.45) is 0. The van der Waals surface area contributed by atoms with Crippen LogP contribution in [0.15, 0.2) is 48.5 Å². The lowest BCUT2D eigenvalue weighted by molar-refractivity contribution is 0.0858. The monoisotopic (exact) mass is 282 g/mol. The molecule has 0 radical (unpaired) electrons. The van der Waals surface area contributed by atoms with Crippen molar-refractivity contribution in [2.75, 3.05) is 0 Å². The van der Waals surface area contributed by atoms with Gasteiger partial charge >= 0.3 is 0 Å². The molecule has 0 heterocycles. The molecular weight excluding hydrogens is 260 g/mol. The second kappa shape index (κ2) is 6.13. The zero-order valence-corrected chi connectivity index (χ0v) is 13.1. The zero-order chi connectivity index (χ0) is 15.5. The third-order valence-corrected chi connectivity index (χ3v) is 3.29. The summed E-state index contributed by atoms with van der Waals surface area (Å²) < 4.78 is 5.76. The summed E-state index contributed by atoms with van der Waals surface area (Å²) in [6.45, 7) is 8.39. The fourth-order valence-electron chi connectivity index (χ4n) is 2.10. The molecule has 0 aliphatic rings. The van der Waals surface area contributed by atoms with E-state index < -0.39 is 0 Å². The highest BCUT2D eigenvalue weighted by Crippen LogP contribution is 2.22. The van der Waals surface area contributed by atoms with Gasteiger partial charge in [0.1, 0.15) is 12.4 Å². The van der Waals surface area contributed by atoms with E-state index in [1.807, 2.05) is 57.2 Å². The van der Waals surface area contributed by atoms with E-state index in [1.54, 1.807) is 0 Å². The number of hydrogen-bond donors (Lipinski definition) is 0. The van der Waals surface area contributed by atoms with Crippen molar-refractivity contribution in [3.05, 3.63) is 65.2 Å². The molecule has 2 rings (SSSR count). The molecule has 0 aliphatic carbocycles. The topological polar surface area (TPSA) is 26.3 Å². The van der Waals surface area contributed by atoms with Crippen LogP contribution in [0, 0.1) is 12.3 Å². The van der Waals surface area contributed by atoms with Gasteiger partial charge in [-0.05, 0) is 36.8 Å². The zero-order valence-electron chi connectivity index (χ0n) is 13.1. The number of hydrogen-bond acceptors (Lipinski definition) is 2. The highest BCUT2D eigenvalue weighted by molar-refractivity contribution is 5.99. The predicted octanol–water partition coefficient (Wildman–Crippen LogP) is 4.80. The lowest BCUT2D eigenvalue weighted by Gasteiger charge is -2.16. The molecule has 0 saturated heterocycles. The Hall–Kier alpha value is -2.09. The van der Waals surface area contributed by atoms with E-state index in [9.17, 15) is 4.79 Å². The first-order chi connectivity index (χ1) is 9.86. The Balaban J connectivity index is 2.01. The molecule has 2 heteroatoms. The molecule has 21 heavy (non-hydrogen) atoms. The van der Waals surface area contributed by atoms with Gasteiger partial charge in [-0.2, -0.15) is 0 Å². The van der Waals surface area contributed by atoms with Crippen LogP contribution in [-0.2, 0) is 6.61 Å². The normalized spacial score (nSPS) is 11.2.